The summed E-state index contributed by atoms with van der Waals surface area (Å²) in [5.74, 6) is -1.42. The normalized spacial score (nSPS) is 10.6. The fraction of sp³-hybridized carbons (Fsp3) is 0.172. The molecule has 8 nitrogen and oxygen atoms in total. The van der Waals surface area contributed by atoms with E-state index in [1.54, 1.807) is 42.5 Å². The molecule has 190 valence electrons. The van der Waals surface area contributed by atoms with E-state index in [9.17, 15) is 19.2 Å². The van der Waals surface area contributed by atoms with Crippen molar-refractivity contribution in [2.45, 2.75) is 26.4 Å². The Morgan fingerprint density at radius 2 is 1.08 bits per heavy atom. The molecule has 4 amide bonds. The minimum absolute atomic E-state index is 0.237. The monoisotopic (exact) mass is 498 g/mol. The fourth-order valence-corrected chi connectivity index (χ4v) is 3.46. The molecule has 0 aliphatic rings. The van der Waals surface area contributed by atoms with Crippen LogP contribution in [0.5, 0.6) is 0 Å². The summed E-state index contributed by atoms with van der Waals surface area (Å²) in [4.78, 5) is 48.6. The van der Waals surface area contributed by atoms with Gasteiger partial charge in [0.1, 0.15) is 0 Å². The van der Waals surface area contributed by atoms with Gasteiger partial charge in [0.15, 0.2) is 0 Å². The van der Waals surface area contributed by atoms with Gasteiger partial charge in [0.2, 0.25) is 5.91 Å². The van der Waals surface area contributed by atoms with Crippen molar-refractivity contribution in [1.29, 1.82) is 0 Å². The zero-order chi connectivity index (χ0) is 26.6. The third kappa shape index (κ3) is 8.17. The Bertz CT molecular complexity index is 1300. The van der Waals surface area contributed by atoms with E-state index in [0.29, 0.717) is 36.3 Å². The fourth-order valence-electron chi connectivity index (χ4n) is 3.46. The highest BCUT2D eigenvalue weighted by Crippen LogP contribution is 2.09. The van der Waals surface area contributed by atoms with E-state index in [0.717, 1.165) is 17.5 Å². The molecule has 3 aromatic rings. The number of carbonyl (C=O) groups excluding carboxylic acids is 4. The summed E-state index contributed by atoms with van der Waals surface area (Å²) in [5.41, 5.74) is 8.47. The van der Waals surface area contributed by atoms with E-state index in [2.05, 4.69) is 16.0 Å². The summed E-state index contributed by atoms with van der Waals surface area (Å²) in [5, 5.41) is 8.46. The molecule has 0 aliphatic carbocycles. The third-order valence-corrected chi connectivity index (χ3v) is 5.51. The number of amides is 4. The first-order valence-corrected chi connectivity index (χ1v) is 11.9. The van der Waals surface area contributed by atoms with Crippen molar-refractivity contribution >= 4 is 23.6 Å². The van der Waals surface area contributed by atoms with E-state index >= 15 is 0 Å². The van der Waals surface area contributed by atoms with Crippen molar-refractivity contribution in [3.05, 3.63) is 118 Å². The molecular formula is C29H30N4O4. The number of benzene rings is 3. The lowest BCUT2D eigenvalue weighted by Gasteiger charge is -2.09. The van der Waals surface area contributed by atoms with Gasteiger partial charge < -0.3 is 21.7 Å². The molecule has 8 heteroatoms. The van der Waals surface area contributed by atoms with Crippen LogP contribution in [0, 0.1) is 0 Å². The molecule has 0 atom stereocenters. The van der Waals surface area contributed by atoms with E-state index in [1.807, 2.05) is 43.3 Å². The smallest absolute Gasteiger partial charge is 0.251 e. The van der Waals surface area contributed by atoms with Gasteiger partial charge >= 0.3 is 0 Å². The number of hydrogen-bond donors (Lipinski definition) is 4. The second-order valence-corrected chi connectivity index (χ2v) is 8.30. The molecular weight excluding hydrogens is 468 g/mol. The van der Waals surface area contributed by atoms with Crippen molar-refractivity contribution in [3.63, 3.8) is 0 Å². The molecule has 0 spiro atoms. The highest BCUT2D eigenvalue weighted by molar-refractivity contribution is 6.00. The number of nitrogens with two attached hydrogens (primary N) is 1. The van der Waals surface area contributed by atoms with Gasteiger partial charge in [0.25, 0.3) is 17.7 Å². The average Bonchev–Trinajstić information content (AvgIpc) is 2.93. The SMILES string of the molecule is CC/C=C/CNC(=O)c1cccc(C(=O)NCc2ccc(CNC(=O)c3cccc(C(N)=O)c3)cc2)c1. The van der Waals surface area contributed by atoms with Crippen molar-refractivity contribution in [3.8, 4) is 0 Å². The number of carbonyl (C=O) groups is 4. The molecule has 5 N–H and O–H groups in total. The first-order valence-electron chi connectivity index (χ1n) is 11.9. The van der Waals surface area contributed by atoms with Crippen LogP contribution in [-0.2, 0) is 13.1 Å². The highest BCUT2D eigenvalue weighted by atomic mass is 16.2. The van der Waals surface area contributed by atoms with Crippen molar-refractivity contribution in [1.82, 2.24) is 16.0 Å². The Balaban J connectivity index is 1.50. The highest BCUT2D eigenvalue weighted by Gasteiger charge is 2.11. The van der Waals surface area contributed by atoms with Gasteiger partial charge in [-0.15, -0.1) is 0 Å². The van der Waals surface area contributed by atoms with Crippen LogP contribution < -0.4 is 21.7 Å². The maximum Gasteiger partial charge on any atom is 0.251 e. The summed E-state index contributed by atoms with van der Waals surface area (Å²) in [6, 6.07) is 20.3. The standard InChI is InChI=1S/C29H30N4O4/c1-2-3-4-15-31-27(35)24-9-6-10-25(17-24)29(37)33-19-21-13-11-20(12-14-21)18-32-28(36)23-8-5-7-22(16-23)26(30)34/h3-14,16-17H,2,15,18-19H2,1H3,(H2,30,34)(H,31,35)(H,32,36)(H,33,37)/b4-3+. The van der Waals surface area contributed by atoms with Gasteiger partial charge in [-0.25, -0.2) is 0 Å². The van der Waals surface area contributed by atoms with Crippen LogP contribution in [0.15, 0.2) is 84.9 Å². The van der Waals surface area contributed by atoms with Crippen LogP contribution in [0.1, 0.15) is 65.9 Å². The van der Waals surface area contributed by atoms with Crippen molar-refractivity contribution in [2.75, 3.05) is 6.54 Å². The van der Waals surface area contributed by atoms with Gasteiger partial charge in [-0.3, -0.25) is 19.2 Å². The van der Waals surface area contributed by atoms with E-state index in [4.69, 9.17) is 5.73 Å². The van der Waals surface area contributed by atoms with Gasteiger partial charge in [0, 0.05) is 41.9 Å². The summed E-state index contributed by atoms with van der Waals surface area (Å²) < 4.78 is 0. The maximum absolute atomic E-state index is 12.6. The first-order chi connectivity index (χ1) is 17.9. The predicted octanol–water partition coefficient (Wildman–Crippen LogP) is 3.34. The molecule has 0 aliphatic heterocycles. The Hall–Kier alpha value is -4.72. The minimum Gasteiger partial charge on any atom is -0.366 e. The molecule has 37 heavy (non-hydrogen) atoms. The van der Waals surface area contributed by atoms with Crippen molar-refractivity contribution < 1.29 is 19.2 Å². The van der Waals surface area contributed by atoms with Crippen LogP contribution >= 0.6 is 0 Å². The summed E-state index contributed by atoms with van der Waals surface area (Å²) in [6.07, 6.45) is 4.76. The molecule has 0 bridgehead atoms. The third-order valence-electron chi connectivity index (χ3n) is 5.51. The molecule has 0 unspecified atom stereocenters. The summed E-state index contributed by atoms with van der Waals surface area (Å²) in [7, 11) is 0. The van der Waals surface area contributed by atoms with Crippen LogP contribution in [0.4, 0.5) is 0 Å². The topological polar surface area (TPSA) is 130 Å². The molecule has 0 saturated heterocycles. The molecule has 0 heterocycles. The summed E-state index contributed by atoms with van der Waals surface area (Å²) in [6.45, 7) is 3.06. The lowest BCUT2D eigenvalue weighted by molar-refractivity contribution is 0.0940. The van der Waals surface area contributed by atoms with Gasteiger partial charge in [-0.2, -0.15) is 0 Å². The van der Waals surface area contributed by atoms with Gasteiger partial charge in [-0.05, 0) is 53.9 Å². The molecule has 3 aromatic carbocycles. The Kier molecular flexibility index (Phi) is 9.73. The Morgan fingerprint density at radius 3 is 1.54 bits per heavy atom. The molecule has 0 fully saturated rings. The number of allylic oxidation sites excluding steroid dienone is 1. The first kappa shape index (κ1) is 26.9. The zero-order valence-electron chi connectivity index (χ0n) is 20.6. The van der Waals surface area contributed by atoms with E-state index in [-0.39, 0.29) is 23.3 Å². The molecule has 3 rings (SSSR count). The van der Waals surface area contributed by atoms with Crippen LogP contribution in [0.2, 0.25) is 0 Å². The van der Waals surface area contributed by atoms with Crippen LogP contribution in [0.3, 0.4) is 0 Å². The molecule has 0 aromatic heterocycles. The van der Waals surface area contributed by atoms with Gasteiger partial charge in [0.05, 0.1) is 0 Å². The minimum atomic E-state index is -0.592. The van der Waals surface area contributed by atoms with Crippen molar-refractivity contribution in [2.24, 2.45) is 5.73 Å². The Morgan fingerprint density at radius 1 is 0.649 bits per heavy atom. The maximum atomic E-state index is 12.6. The second kappa shape index (κ2) is 13.4. The summed E-state index contributed by atoms with van der Waals surface area (Å²) >= 11 is 0. The largest absolute Gasteiger partial charge is 0.366 e. The molecule has 0 saturated carbocycles. The predicted molar refractivity (Wildman–Crippen MR) is 142 cm³/mol. The zero-order valence-corrected chi connectivity index (χ0v) is 20.6. The van der Waals surface area contributed by atoms with Crippen LogP contribution in [-0.4, -0.2) is 30.2 Å². The quantitative estimate of drug-likeness (QED) is 0.302. The molecule has 0 radical (unpaired) electrons. The number of primary amides is 1. The number of rotatable bonds is 11. The average molecular weight is 499 g/mol. The lowest BCUT2D eigenvalue weighted by Crippen LogP contribution is -2.25. The number of nitrogens with one attached hydrogen (secondary N) is 3. The van der Waals surface area contributed by atoms with Crippen LogP contribution in [0.25, 0.3) is 0 Å². The Labute approximate surface area is 216 Å². The number of hydrogen-bond acceptors (Lipinski definition) is 4. The van der Waals surface area contributed by atoms with E-state index in [1.165, 1.54) is 6.07 Å². The van der Waals surface area contributed by atoms with Gasteiger partial charge in [-0.1, -0.05) is 55.5 Å². The second-order valence-electron chi connectivity index (χ2n) is 8.30. The van der Waals surface area contributed by atoms with E-state index < -0.39 is 5.91 Å². The lowest BCUT2D eigenvalue weighted by atomic mass is 10.1.